The first-order valence-electron chi connectivity index (χ1n) is 9.56. The lowest BCUT2D eigenvalue weighted by molar-refractivity contribution is 0.0527. The number of imidazole rings is 1. The third-order valence-corrected chi connectivity index (χ3v) is 4.69. The number of pyridine rings is 1. The van der Waals surface area contributed by atoms with Crippen molar-refractivity contribution in [1.29, 1.82) is 0 Å². The van der Waals surface area contributed by atoms with Gasteiger partial charge in [-0.2, -0.15) is 9.78 Å². The molecule has 0 amide bonds. The molecule has 0 spiro atoms. The number of fused-ring (bicyclic) bond motifs is 2. The molecule has 8 heteroatoms. The zero-order valence-corrected chi connectivity index (χ0v) is 16.2. The number of carbonyl (C=O) groups is 1. The van der Waals surface area contributed by atoms with Gasteiger partial charge < -0.3 is 15.0 Å². The third kappa shape index (κ3) is 3.14. The largest absolute Gasteiger partial charge is 0.462 e. The van der Waals surface area contributed by atoms with Crippen LogP contribution in [-0.2, 0) is 4.74 Å². The van der Waals surface area contributed by atoms with Gasteiger partial charge in [0.15, 0.2) is 11.6 Å². The predicted molar refractivity (Wildman–Crippen MR) is 114 cm³/mol. The number of carbonyl (C=O) groups excluding carboxylic acids is 1. The van der Waals surface area contributed by atoms with Crippen LogP contribution in [0.2, 0.25) is 0 Å². The number of hydrogen-bond acceptors (Lipinski definition) is 6. The maximum atomic E-state index is 12.5. The van der Waals surface area contributed by atoms with E-state index in [1.165, 1.54) is 6.20 Å². The Hall–Kier alpha value is -4.20. The van der Waals surface area contributed by atoms with Gasteiger partial charge in [-0.25, -0.2) is 14.8 Å². The molecule has 0 aliphatic carbocycles. The van der Waals surface area contributed by atoms with Crippen LogP contribution in [0.5, 0.6) is 0 Å². The van der Waals surface area contributed by atoms with Crippen LogP contribution in [0.25, 0.3) is 27.8 Å². The van der Waals surface area contributed by atoms with Gasteiger partial charge in [-0.15, -0.1) is 0 Å². The Bertz CT molecular complexity index is 1340. The monoisotopic (exact) mass is 398 g/mol. The van der Waals surface area contributed by atoms with Gasteiger partial charge in [0.2, 0.25) is 5.95 Å². The number of aromatic amines is 1. The average molecular weight is 398 g/mol. The number of aromatic nitrogens is 5. The summed E-state index contributed by atoms with van der Waals surface area (Å²) in [6.45, 7) is 2.03. The quantitative estimate of drug-likeness (QED) is 0.430. The highest BCUT2D eigenvalue weighted by Crippen LogP contribution is 2.25. The van der Waals surface area contributed by atoms with Crippen LogP contribution in [-0.4, -0.2) is 37.3 Å². The number of nitrogens with zero attached hydrogens (tertiary/aromatic N) is 4. The number of hydrogen-bond donors (Lipinski definition) is 2. The minimum atomic E-state index is -0.469. The third-order valence-electron chi connectivity index (χ3n) is 4.69. The first-order valence-corrected chi connectivity index (χ1v) is 9.56. The lowest BCUT2D eigenvalue weighted by atomic mass is 10.2. The van der Waals surface area contributed by atoms with Crippen molar-refractivity contribution in [2.24, 2.45) is 0 Å². The molecule has 3 aromatic heterocycles. The second kappa shape index (κ2) is 7.32. The van der Waals surface area contributed by atoms with E-state index < -0.39 is 5.97 Å². The lowest BCUT2D eigenvalue weighted by Crippen LogP contribution is -2.10. The van der Waals surface area contributed by atoms with Crippen LogP contribution in [0.4, 0.5) is 11.8 Å². The molecule has 8 nitrogen and oxygen atoms in total. The number of anilines is 2. The van der Waals surface area contributed by atoms with Crippen LogP contribution in [0.1, 0.15) is 17.3 Å². The number of para-hydroxylation sites is 3. The fraction of sp³-hybridized carbons (Fsp3) is 0.0909. The molecule has 0 unspecified atom stereocenters. The van der Waals surface area contributed by atoms with E-state index in [4.69, 9.17) is 4.74 Å². The summed E-state index contributed by atoms with van der Waals surface area (Å²) >= 11 is 0. The van der Waals surface area contributed by atoms with Gasteiger partial charge in [0.25, 0.3) is 0 Å². The second-order valence-corrected chi connectivity index (χ2v) is 6.63. The minimum Gasteiger partial charge on any atom is -0.462 e. The van der Waals surface area contributed by atoms with Gasteiger partial charge in [-0.1, -0.05) is 30.3 Å². The van der Waals surface area contributed by atoms with Crippen LogP contribution in [0.3, 0.4) is 0 Å². The number of rotatable bonds is 5. The van der Waals surface area contributed by atoms with Crippen LogP contribution >= 0.6 is 0 Å². The summed E-state index contributed by atoms with van der Waals surface area (Å²) in [7, 11) is 0. The van der Waals surface area contributed by atoms with Crippen molar-refractivity contribution in [3.8, 4) is 5.82 Å². The fourth-order valence-corrected chi connectivity index (χ4v) is 3.30. The van der Waals surface area contributed by atoms with E-state index in [1.54, 1.807) is 11.6 Å². The first-order chi connectivity index (χ1) is 14.7. The molecule has 30 heavy (non-hydrogen) atoms. The number of H-pyrrole nitrogens is 1. The van der Waals surface area contributed by atoms with Gasteiger partial charge in [-0.05, 0) is 37.3 Å². The van der Waals surface area contributed by atoms with Crippen molar-refractivity contribution in [3.05, 3.63) is 72.4 Å². The van der Waals surface area contributed by atoms with Gasteiger partial charge in [0, 0.05) is 5.39 Å². The summed E-state index contributed by atoms with van der Waals surface area (Å²) in [6.07, 6.45) is 1.47. The molecule has 0 aliphatic heterocycles. The Kier molecular flexibility index (Phi) is 4.36. The zero-order chi connectivity index (χ0) is 20.5. The smallest absolute Gasteiger partial charge is 0.343 e. The lowest BCUT2D eigenvalue weighted by Gasteiger charge is -2.10. The molecule has 0 radical (unpaired) electrons. The van der Waals surface area contributed by atoms with E-state index in [1.807, 2.05) is 60.7 Å². The van der Waals surface area contributed by atoms with E-state index in [9.17, 15) is 4.79 Å². The Labute approximate surface area is 171 Å². The maximum absolute atomic E-state index is 12.5. The zero-order valence-electron chi connectivity index (χ0n) is 16.2. The Morgan fingerprint density at radius 2 is 1.83 bits per heavy atom. The van der Waals surface area contributed by atoms with Crippen molar-refractivity contribution < 1.29 is 9.53 Å². The van der Waals surface area contributed by atoms with Crippen LogP contribution < -0.4 is 5.32 Å². The van der Waals surface area contributed by atoms with Gasteiger partial charge in [0.05, 0.1) is 29.4 Å². The summed E-state index contributed by atoms with van der Waals surface area (Å²) in [5.41, 5.74) is 2.82. The van der Waals surface area contributed by atoms with E-state index in [-0.39, 0.29) is 6.61 Å². The highest BCUT2D eigenvalue weighted by Gasteiger charge is 2.21. The number of nitrogens with one attached hydrogen (secondary N) is 2. The molecule has 0 atom stereocenters. The highest BCUT2D eigenvalue weighted by molar-refractivity contribution is 5.96. The van der Waals surface area contributed by atoms with Crippen molar-refractivity contribution in [1.82, 2.24) is 24.7 Å². The number of ether oxygens (including phenoxy) is 1. The van der Waals surface area contributed by atoms with E-state index >= 15 is 0 Å². The van der Waals surface area contributed by atoms with E-state index in [0.717, 1.165) is 21.9 Å². The minimum absolute atomic E-state index is 0.266. The normalized spacial score (nSPS) is 11.1. The Balaban J connectivity index is 1.62. The molecule has 5 rings (SSSR count). The molecular formula is C22H18N6O2. The summed E-state index contributed by atoms with van der Waals surface area (Å²) < 4.78 is 6.78. The molecule has 2 N–H and O–H groups in total. The topological polar surface area (TPSA) is 97.7 Å². The first kappa shape index (κ1) is 17.9. The van der Waals surface area contributed by atoms with E-state index in [0.29, 0.717) is 23.1 Å². The van der Waals surface area contributed by atoms with Crippen LogP contribution in [0.15, 0.2) is 66.9 Å². The molecule has 3 heterocycles. The van der Waals surface area contributed by atoms with E-state index in [2.05, 4.69) is 25.4 Å². The SMILES string of the molecule is CCOC(=O)c1cnn(-c2ccc3ccccc3n2)c1Nc1nc2ccccc2[nH]1. The maximum Gasteiger partial charge on any atom is 0.343 e. The van der Waals surface area contributed by atoms with Crippen LogP contribution in [0, 0.1) is 0 Å². The van der Waals surface area contributed by atoms with Gasteiger partial charge >= 0.3 is 5.97 Å². The Morgan fingerprint density at radius 3 is 2.67 bits per heavy atom. The molecule has 0 saturated heterocycles. The number of esters is 1. The molecule has 2 aromatic carbocycles. The Morgan fingerprint density at radius 1 is 1.03 bits per heavy atom. The van der Waals surface area contributed by atoms with Crippen molar-refractivity contribution in [2.45, 2.75) is 6.92 Å². The molecular weight excluding hydrogens is 380 g/mol. The fourth-order valence-electron chi connectivity index (χ4n) is 3.30. The summed E-state index contributed by atoms with van der Waals surface area (Å²) in [6, 6.07) is 19.3. The van der Waals surface area contributed by atoms with Gasteiger partial charge in [0.1, 0.15) is 5.56 Å². The molecule has 0 bridgehead atoms. The molecule has 148 valence electrons. The molecule has 0 aliphatic rings. The highest BCUT2D eigenvalue weighted by atomic mass is 16.5. The average Bonchev–Trinajstić information content (AvgIpc) is 3.37. The van der Waals surface area contributed by atoms with Crippen molar-refractivity contribution in [3.63, 3.8) is 0 Å². The second-order valence-electron chi connectivity index (χ2n) is 6.63. The van der Waals surface area contributed by atoms with Crippen molar-refractivity contribution >= 4 is 39.7 Å². The molecule has 5 aromatic rings. The standard InChI is InChI=1S/C22H18N6O2/c1-2-30-21(29)15-13-23-28(19-12-11-14-7-3-4-8-16(14)24-19)20(15)27-22-25-17-9-5-6-10-18(17)26-22/h3-13H,2H2,1H3,(H2,25,26,27). The predicted octanol–water partition coefficient (Wildman–Crippen LogP) is 4.22. The number of benzene rings is 2. The molecule has 0 saturated carbocycles. The van der Waals surface area contributed by atoms with Crippen molar-refractivity contribution in [2.75, 3.05) is 11.9 Å². The summed E-state index contributed by atoms with van der Waals surface area (Å²) in [4.78, 5) is 24.9. The summed E-state index contributed by atoms with van der Waals surface area (Å²) in [5, 5.41) is 8.60. The van der Waals surface area contributed by atoms with Gasteiger partial charge in [-0.3, -0.25) is 0 Å². The molecule has 0 fully saturated rings. The summed E-state index contributed by atoms with van der Waals surface area (Å²) in [5.74, 6) is 1.02.